The van der Waals surface area contributed by atoms with Crippen molar-refractivity contribution in [1.29, 1.82) is 0 Å². The monoisotopic (exact) mass is 398 g/mol. The van der Waals surface area contributed by atoms with E-state index < -0.39 is 17.7 Å². The predicted molar refractivity (Wildman–Crippen MR) is 104 cm³/mol. The third-order valence-corrected chi connectivity index (χ3v) is 6.01. The molecule has 2 aliphatic heterocycles. The number of likely N-dealkylation sites (N-methyl/N-ethyl adjacent to an activating group) is 1. The molecule has 0 aromatic heterocycles. The van der Waals surface area contributed by atoms with Gasteiger partial charge in [0.05, 0.1) is 6.04 Å². The first-order valence-corrected chi connectivity index (χ1v) is 9.66. The summed E-state index contributed by atoms with van der Waals surface area (Å²) < 4.78 is 19.6. The van der Waals surface area contributed by atoms with Crippen LogP contribution < -0.4 is 4.74 Å². The van der Waals surface area contributed by atoms with E-state index in [1.165, 1.54) is 11.0 Å². The summed E-state index contributed by atoms with van der Waals surface area (Å²) in [5.41, 5.74) is 0.247. The highest BCUT2D eigenvalue weighted by Gasteiger charge is 2.58. The van der Waals surface area contributed by atoms with Gasteiger partial charge in [0.2, 0.25) is 5.91 Å². The van der Waals surface area contributed by atoms with Gasteiger partial charge in [0.25, 0.3) is 0 Å². The smallest absolute Gasteiger partial charge is 0.408 e. The van der Waals surface area contributed by atoms with Crippen LogP contribution in [0, 0.1) is 5.82 Å². The van der Waals surface area contributed by atoms with Crippen LogP contribution in [0.5, 0.6) is 5.75 Å². The van der Waals surface area contributed by atoms with Crippen molar-refractivity contribution in [2.24, 2.45) is 0 Å². The molecular weight excluding hydrogens is 375 g/mol. The molecule has 152 valence electrons. The average molecular weight is 398 g/mol. The number of rotatable bonds is 4. The van der Waals surface area contributed by atoms with Crippen LogP contribution in [0.25, 0.3) is 0 Å². The minimum Gasteiger partial charge on any atom is -0.489 e. The molecule has 2 fully saturated rings. The van der Waals surface area contributed by atoms with Gasteiger partial charge in [0, 0.05) is 19.2 Å². The van der Waals surface area contributed by atoms with E-state index in [1.807, 2.05) is 6.07 Å². The summed E-state index contributed by atoms with van der Waals surface area (Å²) in [6.45, 7) is 0.637. The molecule has 0 unspecified atom stereocenters. The van der Waals surface area contributed by atoms with E-state index in [2.05, 4.69) is 0 Å². The Morgan fingerprint density at radius 1 is 1.24 bits per heavy atom. The summed E-state index contributed by atoms with van der Waals surface area (Å²) in [4.78, 5) is 27.8. The molecule has 29 heavy (non-hydrogen) atoms. The normalized spacial score (nSPS) is 23.8. The van der Waals surface area contributed by atoms with Crippen molar-refractivity contribution < 1.29 is 23.8 Å². The van der Waals surface area contributed by atoms with Crippen LogP contribution in [-0.2, 0) is 11.4 Å². The summed E-state index contributed by atoms with van der Waals surface area (Å²) in [5, 5.41) is 9.91. The van der Waals surface area contributed by atoms with Gasteiger partial charge in [-0.05, 0) is 43.0 Å². The number of halogens is 1. The van der Waals surface area contributed by atoms with Crippen LogP contribution in [0.2, 0.25) is 0 Å². The number of likely N-dealkylation sites (tertiary alicyclic amines) is 2. The van der Waals surface area contributed by atoms with Crippen molar-refractivity contribution in [3.8, 4) is 5.75 Å². The maximum absolute atomic E-state index is 13.8. The van der Waals surface area contributed by atoms with Crippen molar-refractivity contribution in [2.45, 2.75) is 37.5 Å². The highest BCUT2D eigenvalue weighted by Crippen LogP contribution is 2.48. The standard InChI is InChI=1S/C22H23FN2O4/c1-24-12-11-22(20(24)26)10-9-19(25(22)21(27)28)15-6-4-7-17(13-15)29-14-16-5-2-3-8-18(16)23/h2-8,13,19H,9-12,14H2,1H3,(H,27,28)/t19-,22-/m1/s1. The van der Waals surface area contributed by atoms with Gasteiger partial charge in [-0.2, -0.15) is 0 Å². The van der Waals surface area contributed by atoms with Gasteiger partial charge in [0.15, 0.2) is 0 Å². The number of carboxylic acid groups (broad SMARTS) is 1. The molecule has 4 rings (SSSR count). The lowest BCUT2D eigenvalue weighted by atomic mass is 9.94. The second kappa shape index (κ2) is 7.39. The Balaban J connectivity index is 1.57. The lowest BCUT2D eigenvalue weighted by molar-refractivity contribution is -0.135. The third-order valence-electron chi connectivity index (χ3n) is 6.01. The Kier molecular flexibility index (Phi) is 4.90. The first-order chi connectivity index (χ1) is 13.9. The minimum absolute atomic E-state index is 0.0800. The van der Waals surface area contributed by atoms with E-state index in [1.54, 1.807) is 48.3 Å². The number of carbonyl (C=O) groups is 2. The molecule has 0 saturated carbocycles. The minimum atomic E-state index is -1.09. The summed E-state index contributed by atoms with van der Waals surface area (Å²) in [7, 11) is 1.71. The fourth-order valence-electron chi connectivity index (χ4n) is 4.52. The van der Waals surface area contributed by atoms with Gasteiger partial charge in [-0.1, -0.05) is 30.3 Å². The fourth-order valence-corrected chi connectivity index (χ4v) is 4.52. The number of benzene rings is 2. The third kappa shape index (κ3) is 3.30. The second-order valence-electron chi connectivity index (χ2n) is 7.67. The Morgan fingerprint density at radius 2 is 2.03 bits per heavy atom. The van der Waals surface area contributed by atoms with Crippen molar-refractivity contribution in [1.82, 2.24) is 9.80 Å². The van der Waals surface area contributed by atoms with Gasteiger partial charge in [-0.3, -0.25) is 9.69 Å². The number of hydrogen-bond donors (Lipinski definition) is 1. The summed E-state index contributed by atoms with van der Waals surface area (Å²) >= 11 is 0. The van der Waals surface area contributed by atoms with Crippen molar-refractivity contribution in [3.63, 3.8) is 0 Å². The fraction of sp³-hybridized carbons (Fsp3) is 0.364. The molecule has 1 spiro atoms. The highest BCUT2D eigenvalue weighted by molar-refractivity contribution is 5.92. The van der Waals surface area contributed by atoms with Crippen molar-refractivity contribution in [3.05, 3.63) is 65.5 Å². The van der Waals surface area contributed by atoms with E-state index in [4.69, 9.17) is 4.74 Å². The van der Waals surface area contributed by atoms with Gasteiger partial charge in [-0.25, -0.2) is 9.18 Å². The average Bonchev–Trinajstić information content (AvgIpc) is 3.24. The Morgan fingerprint density at radius 3 is 2.72 bits per heavy atom. The van der Waals surface area contributed by atoms with Crippen LogP contribution in [0.15, 0.2) is 48.5 Å². The topological polar surface area (TPSA) is 70.1 Å². The molecule has 2 amide bonds. The Bertz CT molecular complexity index is 950. The van der Waals surface area contributed by atoms with Crippen molar-refractivity contribution in [2.75, 3.05) is 13.6 Å². The largest absolute Gasteiger partial charge is 0.489 e. The first-order valence-electron chi connectivity index (χ1n) is 9.66. The van der Waals surface area contributed by atoms with Gasteiger partial charge >= 0.3 is 6.09 Å². The molecule has 2 atom stereocenters. The Hall–Kier alpha value is -3.09. The molecule has 6 nitrogen and oxygen atoms in total. The van der Waals surface area contributed by atoms with E-state index in [0.29, 0.717) is 37.1 Å². The SMILES string of the molecule is CN1CC[C@]2(CC[C@H](c3cccc(OCc4ccccc4F)c3)N2C(=O)O)C1=O. The lowest BCUT2D eigenvalue weighted by Crippen LogP contribution is -2.52. The molecule has 7 heteroatoms. The van der Waals surface area contributed by atoms with E-state index in [9.17, 15) is 19.1 Å². The summed E-state index contributed by atoms with van der Waals surface area (Å²) in [6, 6.07) is 13.2. The maximum Gasteiger partial charge on any atom is 0.408 e. The number of carbonyl (C=O) groups excluding carboxylic acids is 1. The van der Waals surface area contributed by atoms with Gasteiger partial charge in [-0.15, -0.1) is 0 Å². The van der Waals surface area contributed by atoms with Crippen LogP contribution in [0.1, 0.15) is 36.4 Å². The number of hydrogen-bond acceptors (Lipinski definition) is 3. The van der Waals surface area contributed by atoms with Crippen LogP contribution in [0.3, 0.4) is 0 Å². The molecule has 0 radical (unpaired) electrons. The second-order valence-corrected chi connectivity index (χ2v) is 7.67. The van der Waals surface area contributed by atoms with Crippen LogP contribution in [-0.4, -0.2) is 46.0 Å². The zero-order chi connectivity index (χ0) is 20.6. The molecule has 2 aromatic rings. The van der Waals surface area contributed by atoms with Gasteiger partial charge in [0.1, 0.15) is 23.7 Å². The van der Waals surface area contributed by atoms with Crippen molar-refractivity contribution >= 4 is 12.0 Å². The van der Waals surface area contributed by atoms with E-state index >= 15 is 0 Å². The molecule has 0 aliphatic carbocycles. The number of nitrogens with zero attached hydrogens (tertiary/aromatic N) is 2. The predicted octanol–water partition coefficient (Wildman–Crippen LogP) is 3.82. The van der Waals surface area contributed by atoms with Crippen LogP contribution >= 0.6 is 0 Å². The van der Waals surface area contributed by atoms with E-state index in [0.717, 1.165) is 5.56 Å². The highest BCUT2D eigenvalue weighted by atomic mass is 19.1. The molecule has 2 aliphatic rings. The Labute approximate surface area is 168 Å². The molecule has 2 saturated heterocycles. The molecular formula is C22H23FN2O4. The van der Waals surface area contributed by atoms with Gasteiger partial charge < -0.3 is 14.7 Å². The zero-order valence-corrected chi connectivity index (χ0v) is 16.2. The zero-order valence-electron chi connectivity index (χ0n) is 16.2. The summed E-state index contributed by atoms with van der Waals surface area (Å²) in [5.74, 6) is 0.0728. The maximum atomic E-state index is 13.8. The molecule has 2 heterocycles. The van der Waals surface area contributed by atoms with E-state index in [-0.39, 0.29) is 18.3 Å². The number of amides is 2. The summed E-state index contributed by atoms with van der Waals surface area (Å²) in [6.07, 6.45) is 0.499. The first kappa shape index (κ1) is 19.2. The molecule has 2 aromatic carbocycles. The number of ether oxygens (including phenoxy) is 1. The van der Waals surface area contributed by atoms with Crippen LogP contribution in [0.4, 0.5) is 9.18 Å². The quantitative estimate of drug-likeness (QED) is 0.850. The lowest BCUT2D eigenvalue weighted by Gasteiger charge is -2.34. The molecule has 1 N–H and O–H groups in total. The molecule has 0 bridgehead atoms.